The van der Waals surface area contributed by atoms with Gasteiger partial charge < -0.3 is 5.32 Å². The standard InChI is InChI=1S/C16H23N3/c1-11(2)9-13-5-7-14(8-6-13)15-10-16(19-18-15)17-12(3)4/h5-8,10-12H,9H2,1-4H3,(H2,17,18,19). The van der Waals surface area contributed by atoms with Crippen molar-refractivity contribution in [3.05, 3.63) is 35.9 Å². The Morgan fingerprint density at radius 1 is 1.11 bits per heavy atom. The van der Waals surface area contributed by atoms with E-state index < -0.39 is 0 Å². The van der Waals surface area contributed by atoms with Crippen molar-refractivity contribution in [2.24, 2.45) is 5.92 Å². The molecule has 3 nitrogen and oxygen atoms in total. The zero-order valence-corrected chi connectivity index (χ0v) is 12.2. The summed E-state index contributed by atoms with van der Waals surface area (Å²) in [6.45, 7) is 8.70. The van der Waals surface area contributed by atoms with Crippen molar-refractivity contribution in [2.45, 2.75) is 40.2 Å². The van der Waals surface area contributed by atoms with Gasteiger partial charge in [0.25, 0.3) is 0 Å². The number of hydrogen-bond donors (Lipinski definition) is 2. The van der Waals surface area contributed by atoms with Crippen LogP contribution in [0.2, 0.25) is 0 Å². The number of nitrogens with zero attached hydrogens (tertiary/aromatic N) is 1. The molecular formula is C16H23N3. The third-order valence-electron chi connectivity index (χ3n) is 2.92. The van der Waals surface area contributed by atoms with E-state index in [1.165, 1.54) is 11.1 Å². The van der Waals surface area contributed by atoms with Crippen LogP contribution in [0.3, 0.4) is 0 Å². The second-order valence-electron chi connectivity index (χ2n) is 5.76. The minimum absolute atomic E-state index is 0.393. The normalized spacial score (nSPS) is 11.3. The van der Waals surface area contributed by atoms with Gasteiger partial charge in [-0.1, -0.05) is 38.1 Å². The lowest BCUT2D eigenvalue weighted by Crippen LogP contribution is -2.09. The highest BCUT2D eigenvalue weighted by molar-refractivity contribution is 5.63. The molecule has 2 rings (SSSR count). The van der Waals surface area contributed by atoms with Crippen LogP contribution in [0.5, 0.6) is 0 Å². The Labute approximate surface area is 115 Å². The van der Waals surface area contributed by atoms with Gasteiger partial charge >= 0.3 is 0 Å². The molecule has 0 amide bonds. The Morgan fingerprint density at radius 2 is 1.79 bits per heavy atom. The maximum absolute atomic E-state index is 4.27. The number of aromatic nitrogens is 2. The van der Waals surface area contributed by atoms with Gasteiger partial charge in [0.05, 0.1) is 5.69 Å². The lowest BCUT2D eigenvalue weighted by atomic mass is 10.0. The predicted molar refractivity (Wildman–Crippen MR) is 81.3 cm³/mol. The second-order valence-corrected chi connectivity index (χ2v) is 5.76. The summed E-state index contributed by atoms with van der Waals surface area (Å²) in [6.07, 6.45) is 1.13. The highest BCUT2D eigenvalue weighted by atomic mass is 15.2. The molecule has 19 heavy (non-hydrogen) atoms. The van der Waals surface area contributed by atoms with Crippen LogP contribution in [-0.4, -0.2) is 16.2 Å². The van der Waals surface area contributed by atoms with E-state index in [2.05, 4.69) is 73.5 Å². The van der Waals surface area contributed by atoms with Crippen LogP contribution in [0.25, 0.3) is 11.3 Å². The molecule has 0 aliphatic rings. The number of anilines is 1. The zero-order valence-electron chi connectivity index (χ0n) is 12.2. The van der Waals surface area contributed by atoms with Gasteiger partial charge in [-0.3, -0.25) is 5.10 Å². The minimum atomic E-state index is 0.393. The first-order chi connectivity index (χ1) is 9.04. The van der Waals surface area contributed by atoms with Crippen LogP contribution >= 0.6 is 0 Å². The fourth-order valence-corrected chi connectivity index (χ4v) is 2.13. The molecule has 0 bridgehead atoms. The summed E-state index contributed by atoms with van der Waals surface area (Å²) in [4.78, 5) is 0. The first-order valence-corrected chi connectivity index (χ1v) is 6.96. The van der Waals surface area contributed by atoms with Gasteiger partial charge in [-0.2, -0.15) is 5.10 Å². The van der Waals surface area contributed by atoms with Crippen molar-refractivity contribution in [1.29, 1.82) is 0 Å². The van der Waals surface area contributed by atoms with Crippen LogP contribution in [0.1, 0.15) is 33.3 Å². The highest BCUT2D eigenvalue weighted by Gasteiger charge is 2.05. The van der Waals surface area contributed by atoms with Crippen molar-refractivity contribution < 1.29 is 0 Å². The van der Waals surface area contributed by atoms with E-state index in [-0.39, 0.29) is 0 Å². The van der Waals surface area contributed by atoms with E-state index in [1.807, 2.05) is 0 Å². The molecule has 102 valence electrons. The lowest BCUT2D eigenvalue weighted by Gasteiger charge is -2.05. The smallest absolute Gasteiger partial charge is 0.148 e. The highest BCUT2D eigenvalue weighted by Crippen LogP contribution is 2.21. The van der Waals surface area contributed by atoms with E-state index in [4.69, 9.17) is 0 Å². The number of benzene rings is 1. The summed E-state index contributed by atoms with van der Waals surface area (Å²) >= 11 is 0. The van der Waals surface area contributed by atoms with Crippen LogP contribution in [0, 0.1) is 5.92 Å². The quantitative estimate of drug-likeness (QED) is 0.846. The van der Waals surface area contributed by atoms with Gasteiger partial charge in [0, 0.05) is 12.1 Å². The average Bonchev–Trinajstić information content (AvgIpc) is 2.76. The van der Waals surface area contributed by atoms with Crippen LogP contribution in [-0.2, 0) is 6.42 Å². The number of aromatic amines is 1. The van der Waals surface area contributed by atoms with Crippen LogP contribution in [0.4, 0.5) is 5.82 Å². The van der Waals surface area contributed by atoms with Crippen molar-refractivity contribution >= 4 is 5.82 Å². The van der Waals surface area contributed by atoms with E-state index >= 15 is 0 Å². The van der Waals surface area contributed by atoms with Gasteiger partial charge in [-0.05, 0) is 37.3 Å². The fraction of sp³-hybridized carbons (Fsp3) is 0.438. The molecule has 3 heteroatoms. The summed E-state index contributed by atoms with van der Waals surface area (Å²) in [5, 5.41) is 10.6. The van der Waals surface area contributed by atoms with E-state index in [0.29, 0.717) is 12.0 Å². The largest absolute Gasteiger partial charge is 0.366 e. The summed E-state index contributed by atoms with van der Waals surface area (Å²) in [5.41, 5.74) is 3.62. The molecule has 0 fully saturated rings. The maximum Gasteiger partial charge on any atom is 0.148 e. The van der Waals surface area contributed by atoms with E-state index in [1.54, 1.807) is 0 Å². The first-order valence-electron chi connectivity index (χ1n) is 6.96. The summed E-state index contributed by atoms with van der Waals surface area (Å²) in [5.74, 6) is 1.59. The van der Waals surface area contributed by atoms with Crippen LogP contribution in [0.15, 0.2) is 30.3 Å². The molecule has 0 saturated carbocycles. The van der Waals surface area contributed by atoms with Gasteiger partial charge in [0.1, 0.15) is 5.82 Å². The van der Waals surface area contributed by atoms with E-state index in [9.17, 15) is 0 Å². The molecule has 0 aliphatic heterocycles. The molecule has 2 aromatic rings. The predicted octanol–water partition coefficient (Wildman–Crippen LogP) is 4.10. The van der Waals surface area contributed by atoms with Gasteiger partial charge in [-0.15, -0.1) is 0 Å². The third-order valence-corrected chi connectivity index (χ3v) is 2.92. The Morgan fingerprint density at radius 3 is 2.37 bits per heavy atom. The Kier molecular flexibility index (Phi) is 4.25. The summed E-state index contributed by atoms with van der Waals surface area (Å²) < 4.78 is 0. The second kappa shape index (κ2) is 5.91. The van der Waals surface area contributed by atoms with Crippen molar-refractivity contribution in [3.8, 4) is 11.3 Å². The third kappa shape index (κ3) is 3.85. The first kappa shape index (κ1) is 13.7. The Balaban J connectivity index is 2.11. The minimum Gasteiger partial charge on any atom is -0.366 e. The molecule has 0 aliphatic carbocycles. The topological polar surface area (TPSA) is 40.7 Å². The molecule has 0 spiro atoms. The Bertz CT molecular complexity index is 509. The summed E-state index contributed by atoms with van der Waals surface area (Å²) in [6, 6.07) is 11.2. The Hall–Kier alpha value is -1.77. The van der Waals surface area contributed by atoms with Crippen molar-refractivity contribution in [2.75, 3.05) is 5.32 Å². The average molecular weight is 257 g/mol. The lowest BCUT2D eigenvalue weighted by molar-refractivity contribution is 0.647. The zero-order chi connectivity index (χ0) is 13.8. The van der Waals surface area contributed by atoms with Gasteiger partial charge in [-0.25, -0.2) is 0 Å². The fourth-order valence-electron chi connectivity index (χ4n) is 2.13. The molecule has 0 radical (unpaired) electrons. The maximum atomic E-state index is 4.27. The molecular weight excluding hydrogens is 234 g/mol. The SMILES string of the molecule is CC(C)Cc1ccc(-c2cc(NC(C)C)n[nH]2)cc1. The van der Waals surface area contributed by atoms with Crippen molar-refractivity contribution in [1.82, 2.24) is 10.2 Å². The molecule has 2 N–H and O–H groups in total. The molecule has 1 heterocycles. The van der Waals surface area contributed by atoms with Gasteiger partial charge in [0.2, 0.25) is 0 Å². The number of H-pyrrole nitrogens is 1. The summed E-state index contributed by atoms with van der Waals surface area (Å²) in [7, 11) is 0. The number of hydrogen-bond acceptors (Lipinski definition) is 2. The molecule has 1 aromatic carbocycles. The van der Waals surface area contributed by atoms with Crippen molar-refractivity contribution in [3.63, 3.8) is 0 Å². The van der Waals surface area contributed by atoms with Crippen LogP contribution < -0.4 is 5.32 Å². The molecule has 0 saturated heterocycles. The molecule has 1 aromatic heterocycles. The number of nitrogens with one attached hydrogen (secondary N) is 2. The number of rotatable bonds is 5. The van der Waals surface area contributed by atoms with Gasteiger partial charge in [0.15, 0.2) is 0 Å². The van der Waals surface area contributed by atoms with E-state index in [0.717, 1.165) is 17.9 Å². The monoisotopic (exact) mass is 257 g/mol. The molecule has 0 atom stereocenters. The molecule has 0 unspecified atom stereocenters.